The van der Waals surface area contributed by atoms with E-state index in [-0.39, 0.29) is 5.91 Å². The molecule has 4 heteroatoms. The number of nitrogens with zero attached hydrogens (tertiary/aromatic N) is 1. The van der Waals surface area contributed by atoms with E-state index in [4.69, 9.17) is 11.6 Å². The van der Waals surface area contributed by atoms with Gasteiger partial charge in [-0.05, 0) is 36.2 Å². The molecule has 3 aromatic rings. The van der Waals surface area contributed by atoms with Crippen LogP contribution in [0.2, 0.25) is 5.02 Å². The van der Waals surface area contributed by atoms with E-state index in [0.29, 0.717) is 17.1 Å². The van der Waals surface area contributed by atoms with E-state index in [1.54, 1.807) is 12.4 Å². The second-order valence-electron chi connectivity index (χ2n) is 5.64. The van der Waals surface area contributed by atoms with Crippen molar-refractivity contribution in [2.75, 3.05) is 0 Å². The van der Waals surface area contributed by atoms with Gasteiger partial charge in [0, 0.05) is 29.5 Å². The topological polar surface area (TPSA) is 42.0 Å². The van der Waals surface area contributed by atoms with Gasteiger partial charge < -0.3 is 5.32 Å². The Kier molecular flexibility index (Phi) is 4.92. The van der Waals surface area contributed by atoms with Crippen LogP contribution >= 0.6 is 11.6 Å². The van der Waals surface area contributed by atoms with Crippen molar-refractivity contribution in [2.24, 2.45) is 0 Å². The van der Waals surface area contributed by atoms with E-state index in [1.165, 1.54) is 5.56 Å². The third-order valence-corrected chi connectivity index (χ3v) is 4.00. The first-order chi connectivity index (χ1) is 11.6. The molecule has 0 atom stereocenters. The van der Waals surface area contributed by atoms with Crippen LogP contribution in [0.25, 0.3) is 11.1 Å². The largest absolute Gasteiger partial charge is 0.348 e. The Balaban J connectivity index is 1.72. The minimum atomic E-state index is -0.147. The van der Waals surface area contributed by atoms with E-state index < -0.39 is 0 Å². The lowest BCUT2D eigenvalue weighted by Crippen LogP contribution is -2.22. The van der Waals surface area contributed by atoms with Crippen LogP contribution in [0.15, 0.2) is 67.0 Å². The molecule has 3 rings (SSSR count). The summed E-state index contributed by atoms with van der Waals surface area (Å²) in [5, 5.41) is 3.58. The van der Waals surface area contributed by atoms with Crippen molar-refractivity contribution < 1.29 is 4.79 Å². The molecule has 1 amide bonds. The molecule has 0 bridgehead atoms. The van der Waals surface area contributed by atoms with E-state index in [2.05, 4.69) is 10.3 Å². The van der Waals surface area contributed by atoms with E-state index >= 15 is 0 Å². The predicted molar refractivity (Wildman–Crippen MR) is 97.0 cm³/mol. The summed E-state index contributed by atoms with van der Waals surface area (Å²) in [6.45, 7) is 2.49. The fourth-order valence-electron chi connectivity index (χ4n) is 2.35. The molecule has 1 N–H and O–H groups in total. The number of benzene rings is 2. The molecule has 0 saturated carbocycles. The first-order valence-corrected chi connectivity index (χ1v) is 8.04. The van der Waals surface area contributed by atoms with Gasteiger partial charge in [0.05, 0.1) is 5.56 Å². The number of pyridine rings is 1. The standard InChI is InChI=1S/C20H17ClN2O/c1-14-2-6-16(7-3-14)17-10-18(13-22-12-17)20(24)23-11-15-4-8-19(21)9-5-15/h2-10,12-13H,11H2,1H3,(H,23,24). The summed E-state index contributed by atoms with van der Waals surface area (Å²) in [7, 11) is 0. The zero-order valence-corrected chi connectivity index (χ0v) is 14.0. The molecule has 120 valence electrons. The van der Waals surface area contributed by atoms with Gasteiger partial charge in [0.15, 0.2) is 0 Å². The molecule has 0 saturated heterocycles. The van der Waals surface area contributed by atoms with Gasteiger partial charge in [-0.3, -0.25) is 9.78 Å². The summed E-state index contributed by atoms with van der Waals surface area (Å²) in [5.74, 6) is -0.147. The van der Waals surface area contributed by atoms with Crippen molar-refractivity contribution in [3.05, 3.63) is 88.7 Å². The van der Waals surface area contributed by atoms with Crippen LogP contribution < -0.4 is 5.32 Å². The number of carbonyl (C=O) groups is 1. The van der Waals surface area contributed by atoms with Crippen LogP contribution in [0.3, 0.4) is 0 Å². The lowest BCUT2D eigenvalue weighted by Gasteiger charge is -2.07. The Morgan fingerprint density at radius 3 is 2.42 bits per heavy atom. The van der Waals surface area contributed by atoms with Gasteiger partial charge >= 0.3 is 0 Å². The average Bonchev–Trinajstić information content (AvgIpc) is 2.62. The number of hydrogen-bond acceptors (Lipinski definition) is 2. The number of amides is 1. The van der Waals surface area contributed by atoms with Crippen molar-refractivity contribution in [3.8, 4) is 11.1 Å². The SMILES string of the molecule is Cc1ccc(-c2cncc(C(=O)NCc3ccc(Cl)cc3)c2)cc1. The lowest BCUT2D eigenvalue weighted by molar-refractivity contribution is 0.0950. The minimum Gasteiger partial charge on any atom is -0.348 e. The molecule has 1 heterocycles. The first kappa shape index (κ1) is 16.2. The Morgan fingerprint density at radius 2 is 1.71 bits per heavy atom. The maximum Gasteiger partial charge on any atom is 0.253 e. The maximum atomic E-state index is 12.3. The number of carbonyl (C=O) groups excluding carboxylic acids is 1. The van der Waals surface area contributed by atoms with Crippen LogP contribution in [0.1, 0.15) is 21.5 Å². The number of aryl methyl sites for hydroxylation is 1. The lowest BCUT2D eigenvalue weighted by atomic mass is 10.0. The van der Waals surface area contributed by atoms with Gasteiger partial charge in [-0.25, -0.2) is 0 Å². The van der Waals surface area contributed by atoms with Gasteiger partial charge in [-0.15, -0.1) is 0 Å². The molecule has 0 aliphatic rings. The van der Waals surface area contributed by atoms with Crippen molar-refractivity contribution in [3.63, 3.8) is 0 Å². The zero-order chi connectivity index (χ0) is 16.9. The summed E-state index contributed by atoms with van der Waals surface area (Å²) < 4.78 is 0. The molecule has 0 aliphatic heterocycles. The highest BCUT2D eigenvalue weighted by atomic mass is 35.5. The van der Waals surface area contributed by atoms with Gasteiger partial charge in [0.25, 0.3) is 5.91 Å². The summed E-state index contributed by atoms with van der Waals surface area (Å²) >= 11 is 5.86. The number of rotatable bonds is 4. The second-order valence-corrected chi connectivity index (χ2v) is 6.07. The van der Waals surface area contributed by atoms with Gasteiger partial charge in [-0.1, -0.05) is 53.6 Å². The molecule has 24 heavy (non-hydrogen) atoms. The second kappa shape index (κ2) is 7.28. The normalized spacial score (nSPS) is 10.4. The smallest absolute Gasteiger partial charge is 0.253 e. The minimum absolute atomic E-state index is 0.147. The summed E-state index contributed by atoms with van der Waals surface area (Å²) in [5.41, 5.74) is 4.70. The van der Waals surface area contributed by atoms with Crippen molar-refractivity contribution in [1.29, 1.82) is 0 Å². The van der Waals surface area contributed by atoms with Gasteiger partial charge in [0.2, 0.25) is 0 Å². The number of nitrogens with one attached hydrogen (secondary N) is 1. The molecular weight excluding hydrogens is 320 g/mol. The third-order valence-electron chi connectivity index (χ3n) is 3.75. The van der Waals surface area contributed by atoms with Crippen LogP contribution in [-0.4, -0.2) is 10.9 Å². The third kappa shape index (κ3) is 4.00. The molecule has 0 unspecified atom stereocenters. The molecule has 3 nitrogen and oxygen atoms in total. The highest BCUT2D eigenvalue weighted by Gasteiger charge is 2.08. The molecule has 0 aliphatic carbocycles. The fraction of sp³-hybridized carbons (Fsp3) is 0.100. The highest BCUT2D eigenvalue weighted by Crippen LogP contribution is 2.20. The summed E-state index contributed by atoms with van der Waals surface area (Å²) in [4.78, 5) is 16.5. The number of hydrogen-bond donors (Lipinski definition) is 1. The van der Waals surface area contributed by atoms with Crippen LogP contribution in [0, 0.1) is 6.92 Å². The van der Waals surface area contributed by atoms with Gasteiger partial charge in [0.1, 0.15) is 0 Å². The first-order valence-electron chi connectivity index (χ1n) is 7.66. The molecule has 2 aromatic carbocycles. The van der Waals surface area contributed by atoms with E-state index in [0.717, 1.165) is 16.7 Å². The van der Waals surface area contributed by atoms with E-state index in [1.807, 2.05) is 61.5 Å². The maximum absolute atomic E-state index is 12.3. The van der Waals surface area contributed by atoms with Crippen LogP contribution in [-0.2, 0) is 6.54 Å². The van der Waals surface area contributed by atoms with Crippen LogP contribution in [0.4, 0.5) is 0 Å². The van der Waals surface area contributed by atoms with Crippen molar-refractivity contribution in [1.82, 2.24) is 10.3 Å². The Labute approximate surface area is 146 Å². The summed E-state index contributed by atoms with van der Waals surface area (Å²) in [6, 6.07) is 17.4. The van der Waals surface area contributed by atoms with Crippen molar-refractivity contribution >= 4 is 17.5 Å². The Bertz CT molecular complexity index is 842. The Hall–Kier alpha value is -2.65. The zero-order valence-electron chi connectivity index (χ0n) is 13.3. The number of aromatic nitrogens is 1. The quantitative estimate of drug-likeness (QED) is 0.754. The van der Waals surface area contributed by atoms with Crippen LogP contribution in [0.5, 0.6) is 0 Å². The molecule has 0 radical (unpaired) electrons. The predicted octanol–water partition coefficient (Wildman–Crippen LogP) is 4.64. The monoisotopic (exact) mass is 336 g/mol. The molecule has 1 aromatic heterocycles. The van der Waals surface area contributed by atoms with Gasteiger partial charge in [-0.2, -0.15) is 0 Å². The molecule has 0 spiro atoms. The molecular formula is C20H17ClN2O. The molecule has 0 fully saturated rings. The highest BCUT2D eigenvalue weighted by molar-refractivity contribution is 6.30. The van der Waals surface area contributed by atoms with Crippen molar-refractivity contribution in [2.45, 2.75) is 13.5 Å². The average molecular weight is 337 g/mol. The fourth-order valence-corrected chi connectivity index (χ4v) is 2.48. The number of halogens is 1. The Morgan fingerprint density at radius 1 is 1.00 bits per heavy atom. The van der Waals surface area contributed by atoms with E-state index in [9.17, 15) is 4.79 Å². The summed E-state index contributed by atoms with van der Waals surface area (Å²) in [6.07, 6.45) is 3.34.